The molecule has 0 unspecified atom stereocenters. The number of hydrogen-bond donors (Lipinski definition) is 0. The highest BCUT2D eigenvalue weighted by molar-refractivity contribution is 9.10. The molecule has 1 heterocycles. The van der Waals surface area contributed by atoms with Gasteiger partial charge in [0.25, 0.3) is 0 Å². The second-order valence-corrected chi connectivity index (χ2v) is 7.44. The van der Waals surface area contributed by atoms with Gasteiger partial charge in [-0.2, -0.15) is 0 Å². The molecule has 0 spiro atoms. The molecule has 1 atom stereocenters. The average Bonchev–Trinajstić information content (AvgIpc) is 2.64. The van der Waals surface area contributed by atoms with Gasteiger partial charge in [0.15, 0.2) is 0 Å². The van der Waals surface area contributed by atoms with Gasteiger partial charge in [-0.3, -0.25) is 0 Å². The molecular formula is C20H16Br2O3. The van der Waals surface area contributed by atoms with E-state index in [1.165, 1.54) is 7.11 Å². The van der Waals surface area contributed by atoms with E-state index in [0.29, 0.717) is 6.61 Å². The lowest BCUT2D eigenvalue weighted by atomic mass is 9.88. The third-order valence-electron chi connectivity index (χ3n) is 3.95. The van der Waals surface area contributed by atoms with E-state index in [4.69, 9.17) is 9.47 Å². The predicted molar refractivity (Wildman–Crippen MR) is 105 cm³/mol. The lowest BCUT2D eigenvalue weighted by Crippen LogP contribution is -2.19. The molecule has 0 aromatic heterocycles. The van der Waals surface area contributed by atoms with Crippen LogP contribution in [0.15, 0.2) is 74.9 Å². The summed E-state index contributed by atoms with van der Waals surface area (Å²) in [5, 5.41) is 0. The Morgan fingerprint density at radius 1 is 1.08 bits per heavy atom. The Kier molecular flexibility index (Phi) is 5.76. The molecule has 128 valence electrons. The SMILES string of the molecule is COC(=O)C1=C[C@@H](c2ccc(Br)cc2)/C(=C/c2ccc(Br)cc2)CO1. The zero-order valence-corrected chi connectivity index (χ0v) is 16.7. The van der Waals surface area contributed by atoms with Crippen molar-refractivity contribution in [1.82, 2.24) is 0 Å². The van der Waals surface area contributed by atoms with Gasteiger partial charge in [0.1, 0.15) is 6.61 Å². The van der Waals surface area contributed by atoms with Gasteiger partial charge in [-0.05, 0) is 47.0 Å². The van der Waals surface area contributed by atoms with E-state index < -0.39 is 5.97 Å². The van der Waals surface area contributed by atoms with Crippen molar-refractivity contribution in [2.75, 3.05) is 13.7 Å². The fourth-order valence-corrected chi connectivity index (χ4v) is 3.20. The molecule has 25 heavy (non-hydrogen) atoms. The average molecular weight is 464 g/mol. The molecule has 0 N–H and O–H groups in total. The molecule has 1 aliphatic heterocycles. The number of hydrogen-bond acceptors (Lipinski definition) is 3. The van der Waals surface area contributed by atoms with Gasteiger partial charge >= 0.3 is 5.97 Å². The molecule has 2 aromatic rings. The van der Waals surface area contributed by atoms with E-state index in [-0.39, 0.29) is 11.7 Å². The maximum atomic E-state index is 11.9. The zero-order valence-electron chi connectivity index (χ0n) is 13.5. The van der Waals surface area contributed by atoms with Gasteiger partial charge < -0.3 is 9.47 Å². The van der Waals surface area contributed by atoms with E-state index >= 15 is 0 Å². The summed E-state index contributed by atoms with van der Waals surface area (Å²) >= 11 is 6.91. The normalized spacial score (nSPS) is 18.4. The van der Waals surface area contributed by atoms with Crippen molar-refractivity contribution in [2.45, 2.75) is 5.92 Å². The summed E-state index contributed by atoms with van der Waals surface area (Å²) in [5.41, 5.74) is 3.26. The second-order valence-electron chi connectivity index (χ2n) is 5.61. The summed E-state index contributed by atoms with van der Waals surface area (Å²) < 4.78 is 12.5. The molecule has 3 rings (SSSR count). The predicted octanol–water partition coefficient (Wildman–Crippen LogP) is 5.47. The summed E-state index contributed by atoms with van der Waals surface area (Å²) in [4.78, 5) is 11.9. The van der Waals surface area contributed by atoms with E-state index in [2.05, 4.69) is 37.9 Å². The monoisotopic (exact) mass is 462 g/mol. The number of carbonyl (C=O) groups is 1. The maximum Gasteiger partial charge on any atom is 0.373 e. The highest BCUT2D eigenvalue weighted by Crippen LogP contribution is 2.34. The minimum atomic E-state index is -0.454. The first-order valence-electron chi connectivity index (χ1n) is 7.71. The first-order valence-corrected chi connectivity index (χ1v) is 9.30. The van der Waals surface area contributed by atoms with Crippen LogP contribution in [0.5, 0.6) is 0 Å². The fraction of sp³-hybridized carbons (Fsp3) is 0.150. The highest BCUT2D eigenvalue weighted by Gasteiger charge is 2.25. The molecule has 1 aliphatic rings. The Bertz CT molecular complexity index is 821. The first kappa shape index (κ1) is 18.0. The number of ether oxygens (including phenoxy) is 2. The summed E-state index contributed by atoms with van der Waals surface area (Å²) in [6, 6.07) is 16.1. The maximum absolute atomic E-state index is 11.9. The van der Waals surface area contributed by atoms with Gasteiger partial charge in [-0.15, -0.1) is 0 Å². The summed E-state index contributed by atoms with van der Waals surface area (Å²) in [5.74, 6) is -0.243. The third-order valence-corrected chi connectivity index (χ3v) is 5.01. The van der Waals surface area contributed by atoms with Crippen LogP contribution in [0.3, 0.4) is 0 Å². The lowest BCUT2D eigenvalue weighted by Gasteiger charge is -2.25. The molecule has 3 nitrogen and oxygen atoms in total. The largest absolute Gasteiger partial charge is 0.482 e. The number of benzene rings is 2. The Morgan fingerprint density at radius 2 is 1.68 bits per heavy atom. The fourth-order valence-electron chi connectivity index (χ4n) is 2.67. The molecule has 0 aliphatic carbocycles. The lowest BCUT2D eigenvalue weighted by molar-refractivity contribution is -0.140. The van der Waals surface area contributed by atoms with Crippen LogP contribution in [0.2, 0.25) is 0 Å². The smallest absolute Gasteiger partial charge is 0.373 e. The minimum Gasteiger partial charge on any atom is -0.482 e. The summed E-state index contributed by atoms with van der Waals surface area (Å²) in [6.45, 7) is 0.345. The van der Waals surface area contributed by atoms with Crippen molar-refractivity contribution >= 4 is 43.9 Å². The van der Waals surface area contributed by atoms with Crippen LogP contribution in [0.4, 0.5) is 0 Å². The quantitative estimate of drug-likeness (QED) is 0.566. The van der Waals surface area contributed by atoms with Gasteiger partial charge in [0, 0.05) is 14.9 Å². The van der Waals surface area contributed by atoms with Crippen LogP contribution < -0.4 is 0 Å². The minimum absolute atomic E-state index is 0.0420. The van der Waals surface area contributed by atoms with E-state index in [1.54, 1.807) is 0 Å². The molecule has 0 saturated carbocycles. The van der Waals surface area contributed by atoms with Crippen LogP contribution in [-0.4, -0.2) is 19.7 Å². The summed E-state index contributed by atoms with van der Waals surface area (Å²) in [7, 11) is 1.36. The van der Waals surface area contributed by atoms with E-state index in [9.17, 15) is 4.79 Å². The standard InChI is InChI=1S/C20H16Br2O3/c1-24-20(23)19-11-18(14-4-8-17(22)9-5-14)15(12-25-19)10-13-2-6-16(21)7-3-13/h2-11,18H,12H2,1H3/b15-10+/t18-/m0/s1. The summed E-state index contributed by atoms with van der Waals surface area (Å²) in [6.07, 6.45) is 3.92. The van der Waals surface area contributed by atoms with Gasteiger partial charge in [-0.1, -0.05) is 62.2 Å². The van der Waals surface area contributed by atoms with Crippen LogP contribution >= 0.6 is 31.9 Å². The Hall–Kier alpha value is -1.85. The van der Waals surface area contributed by atoms with Crippen molar-refractivity contribution in [3.05, 3.63) is 86.0 Å². The Morgan fingerprint density at radius 3 is 2.28 bits per heavy atom. The van der Waals surface area contributed by atoms with Gasteiger partial charge in [0.05, 0.1) is 7.11 Å². The van der Waals surface area contributed by atoms with Crippen molar-refractivity contribution in [1.29, 1.82) is 0 Å². The van der Waals surface area contributed by atoms with Crippen LogP contribution in [-0.2, 0) is 14.3 Å². The highest BCUT2D eigenvalue weighted by atomic mass is 79.9. The van der Waals surface area contributed by atoms with Crippen molar-refractivity contribution < 1.29 is 14.3 Å². The van der Waals surface area contributed by atoms with Crippen LogP contribution in [0, 0.1) is 0 Å². The topological polar surface area (TPSA) is 35.5 Å². The molecule has 0 amide bonds. The van der Waals surface area contributed by atoms with Crippen molar-refractivity contribution in [3.63, 3.8) is 0 Å². The molecule has 0 bridgehead atoms. The van der Waals surface area contributed by atoms with Crippen molar-refractivity contribution in [3.8, 4) is 0 Å². The Balaban J connectivity index is 2.01. The van der Waals surface area contributed by atoms with Gasteiger partial charge in [0.2, 0.25) is 5.76 Å². The number of halogens is 2. The molecular weight excluding hydrogens is 448 g/mol. The van der Waals surface area contributed by atoms with Crippen LogP contribution in [0.25, 0.3) is 6.08 Å². The first-order chi connectivity index (χ1) is 12.1. The molecule has 2 aromatic carbocycles. The number of rotatable bonds is 3. The molecule has 0 radical (unpaired) electrons. The third kappa shape index (κ3) is 4.41. The Labute approximate surface area is 163 Å². The number of methoxy groups -OCH3 is 1. The van der Waals surface area contributed by atoms with Gasteiger partial charge in [-0.25, -0.2) is 4.79 Å². The second kappa shape index (κ2) is 8.02. The zero-order chi connectivity index (χ0) is 17.8. The number of esters is 1. The van der Waals surface area contributed by atoms with E-state index in [1.807, 2.05) is 54.6 Å². The number of allylic oxidation sites excluding steroid dienone is 1. The molecule has 0 fully saturated rings. The van der Waals surface area contributed by atoms with Crippen LogP contribution in [0.1, 0.15) is 17.0 Å². The molecule has 0 saturated heterocycles. The molecule has 5 heteroatoms. The van der Waals surface area contributed by atoms with Crippen molar-refractivity contribution in [2.24, 2.45) is 0 Å². The van der Waals surface area contributed by atoms with E-state index in [0.717, 1.165) is 25.6 Å². The number of carbonyl (C=O) groups excluding carboxylic acids is 1.